The molecule has 5 nitrogen and oxygen atoms in total. The molecule has 0 aliphatic carbocycles. The lowest BCUT2D eigenvalue weighted by molar-refractivity contribution is -0.141. The van der Waals surface area contributed by atoms with Crippen LogP contribution < -0.4 is 5.32 Å². The molecule has 2 N–H and O–H groups in total. The molecule has 0 saturated carbocycles. The molecule has 1 amide bonds. The number of nitrogens with one attached hydrogen (secondary N) is 1. The van der Waals surface area contributed by atoms with Gasteiger partial charge in [-0.3, -0.25) is 9.59 Å². The van der Waals surface area contributed by atoms with E-state index in [1.807, 2.05) is 22.9 Å². The van der Waals surface area contributed by atoms with E-state index in [2.05, 4.69) is 10.3 Å². The summed E-state index contributed by atoms with van der Waals surface area (Å²) in [5.41, 5.74) is 0.707. The van der Waals surface area contributed by atoms with Gasteiger partial charge in [0, 0.05) is 11.9 Å². The van der Waals surface area contributed by atoms with Crippen molar-refractivity contribution in [1.82, 2.24) is 10.3 Å². The van der Waals surface area contributed by atoms with E-state index in [0.29, 0.717) is 5.69 Å². The number of thiazole rings is 1. The molecule has 0 fully saturated rings. The average Bonchev–Trinajstić information content (AvgIpc) is 3.05. The number of rotatable bonds is 6. The molecule has 2 rings (SSSR count). The second-order valence-corrected chi connectivity index (χ2v) is 6.15. The summed E-state index contributed by atoms with van der Waals surface area (Å²) in [7, 11) is 0. The second-order valence-electron chi connectivity index (χ2n) is 4.34. The van der Waals surface area contributed by atoms with E-state index in [1.165, 1.54) is 11.3 Å². The fraction of sp³-hybridized carbons (Fsp3) is 0.308. The number of thiophene rings is 1. The highest BCUT2D eigenvalue weighted by molar-refractivity contribution is 7.20. The van der Waals surface area contributed by atoms with Crippen LogP contribution in [0, 0.1) is 5.92 Å². The quantitative estimate of drug-likeness (QED) is 0.857. The summed E-state index contributed by atoms with van der Waals surface area (Å²) < 4.78 is 0. The molecule has 2 aromatic heterocycles. The van der Waals surface area contributed by atoms with Crippen molar-refractivity contribution in [2.45, 2.75) is 13.3 Å². The highest BCUT2D eigenvalue weighted by atomic mass is 32.1. The summed E-state index contributed by atoms with van der Waals surface area (Å²) >= 11 is 3.11. The van der Waals surface area contributed by atoms with Crippen molar-refractivity contribution in [2.24, 2.45) is 5.92 Å². The van der Waals surface area contributed by atoms with Crippen LogP contribution in [0.1, 0.15) is 12.6 Å². The van der Waals surface area contributed by atoms with E-state index in [9.17, 15) is 9.59 Å². The molecule has 106 valence electrons. The second kappa shape index (κ2) is 6.62. The zero-order valence-electron chi connectivity index (χ0n) is 10.8. The fourth-order valence-electron chi connectivity index (χ4n) is 1.48. The maximum Gasteiger partial charge on any atom is 0.308 e. The van der Waals surface area contributed by atoms with Gasteiger partial charge in [0.05, 0.1) is 22.9 Å². The number of hydrogen-bond donors (Lipinski definition) is 2. The Balaban J connectivity index is 1.87. The lowest BCUT2D eigenvalue weighted by atomic mass is 10.2. The van der Waals surface area contributed by atoms with Crippen LogP contribution in [0.3, 0.4) is 0 Å². The van der Waals surface area contributed by atoms with Gasteiger partial charge in [-0.05, 0) is 11.4 Å². The molecule has 0 radical (unpaired) electrons. The van der Waals surface area contributed by atoms with Crippen LogP contribution in [-0.2, 0) is 16.0 Å². The Bertz CT molecular complexity index is 593. The predicted molar refractivity (Wildman–Crippen MR) is 78.9 cm³/mol. The van der Waals surface area contributed by atoms with Crippen molar-refractivity contribution in [3.05, 3.63) is 28.6 Å². The third kappa shape index (κ3) is 3.88. The molecule has 20 heavy (non-hydrogen) atoms. The van der Waals surface area contributed by atoms with Gasteiger partial charge in [-0.25, -0.2) is 4.98 Å². The summed E-state index contributed by atoms with van der Waals surface area (Å²) in [5.74, 6) is -1.71. The highest BCUT2D eigenvalue weighted by Crippen LogP contribution is 2.27. The lowest BCUT2D eigenvalue weighted by Gasteiger charge is -2.07. The number of carboxylic acid groups (broad SMARTS) is 1. The van der Waals surface area contributed by atoms with Crippen molar-refractivity contribution < 1.29 is 14.7 Å². The number of carbonyl (C=O) groups excluding carboxylic acids is 1. The summed E-state index contributed by atoms with van der Waals surface area (Å²) in [5, 5.41) is 16.1. The third-order valence-electron chi connectivity index (χ3n) is 2.65. The summed E-state index contributed by atoms with van der Waals surface area (Å²) in [6.07, 6.45) is 0.175. The first-order valence-corrected chi connectivity index (χ1v) is 7.80. The monoisotopic (exact) mass is 310 g/mol. The van der Waals surface area contributed by atoms with Gasteiger partial charge in [0.15, 0.2) is 0 Å². The maximum atomic E-state index is 11.7. The number of hydrogen-bond acceptors (Lipinski definition) is 5. The van der Waals surface area contributed by atoms with Crippen molar-refractivity contribution >= 4 is 34.6 Å². The van der Waals surface area contributed by atoms with Crippen LogP contribution in [-0.4, -0.2) is 28.5 Å². The normalized spacial score (nSPS) is 12.1. The number of carbonyl (C=O) groups is 2. The van der Waals surface area contributed by atoms with E-state index in [4.69, 9.17) is 5.11 Å². The maximum absolute atomic E-state index is 11.7. The molecule has 2 aromatic rings. The van der Waals surface area contributed by atoms with Crippen molar-refractivity contribution in [1.29, 1.82) is 0 Å². The SMILES string of the molecule is C[C@@H](CNC(=O)Cc1csc(-c2cccs2)n1)C(=O)O. The summed E-state index contributed by atoms with van der Waals surface area (Å²) in [6.45, 7) is 1.69. The molecule has 7 heteroatoms. The molecule has 0 unspecified atom stereocenters. The van der Waals surface area contributed by atoms with E-state index in [-0.39, 0.29) is 18.9 Å². The Morgan fingerprint density at radius 2 is 2.25 bits per heavy atom. The predicted octanol–water partition coefficient (Wildman–Crippen LogP) is 2.25. The Hall–Kier alpha value is -1.73. The minimum Gasteiger partial charge on any atom is -0.481 e. The molecule has 0 aliphatic heterocycles. The first kappa shape index (κ1) is 14.7. The lowest BCUT2D eigenvalue weighted by Crippen LogP contribution is -2.32. The van der Waals surface area contributed by atoms with Gasteiger partial charge in [-0.15, -0.1) is 22.7 Å². The van der Waals surface area contributed by atoms with Crippen molar-refractivity contribution in [3.8, 4) is 9.88 Å². The summed E-state index contributed by atoms with van der Waals surface area (Å²) in [4.78, 5) is 27.8. The largest absolute Gasteiger partial charge is 0.481 e. The van der Waals surface area contributed by atoms with E-state index >= 15 is 0 Å². The molecule has 0 aliphatic rings. The Morgan fingerprint density at radius 3 is 2.90 bits per heavy atom. The molecule has 1 atom stereocenters. The molecular weight excluding hydrogens is 296 g/mol. The van der Waals surface area contributed by atoms with Crippen LogP contribution in [0.2, 0.25) is 0 Å². The topological polar surface area (TPSA) is 79.3 Å². The third-order valence-corrected chi connectivity index (χ3v) is 4.58. The molecule has 0 aromatic carbocycles. The zero-order valence-corrected chi connectivity index (χ0v) is 12.5. The van der Waals surface area contributed by atoms with Gasteiger partial charge in [0.2, 0.25) is 5.91 Å². The Morgan fingerprint density at radius 1 is 1.45 bits per heavy atom. The van der Waals surface area contributed by atoms with Crippen LogP contribution in [0.15, 0.2) is 22.9 Å². The van der Waals surface area contributed by atoms with E-state index in [1.54, 1.807) is 18.3 Å². The molecule has 0 saturated heterocycles. The van der Waals surface area contributed by atoms with E-state index < -0.39 is 11.9 Å². The van der Waals surface area contributed by atoms with Crippen molar-refractivity contribution in [2.75, 3.05) is 6.54 Å². The molecule has 0 spiro atoms. The van der Waals surface area contributed by atoms with Gasteiger partial charge in [0.1, 0.15) is 5.01 Å². The first-order chi connectivity index (χ1) is 9.56. The van der Waals surface area contributed by atoms with Gasteiger partial charge in [-0.2, -0.15) is 0 Å². The average molecular weight is 310 g/mol. The number of nitrogens with zero attached hydrogens (tertiary/aromatic N) is 1. The van der Waals surface area contributed by atoms with Gasteiger partial charge in [-0.1, -0.05) is 13.0 Å². The van der Waals surface area contributed by atoms with Crippen LogP contribution in [0.25, 0.3) is 9.88 Å². The zero-order chi connectivity index (χ0) is 14.5. The highest BCUT2D eigenvalue weighted by Gasteiger charge is 2.13. The van der Waals surface area contributed by atoms with Gasteiger partial charge in [0.25, 0.3) is 0 Å². The first-order valence-electron chi connectivity index (χ1n) is 6.04. The van der Waals surface area contributed by atoms with E-state index in [0.717, 1.165) is 9.88 Å². The molecule has 0 bridgehead atoms. The Labute approximate surface area is 124 Å². The Kier molecular flexibility index (Phi) is 4.86. The van der Waals surface area contributed by atoms with Crippen molar-refractivity contribution in [3.63, 3.8) is 0 Å². The van der Waals surface area contributed by atoms with Crippen LogP contribution >= 0.6 is 22.7 Å². The number of amides is 1. The molecule has 2 heterocycles. The summed E-state index contributed by atoms with van der Waals surface area (Å²) in [6, 6.07) is 3.95. The fourth-order valence-corrected chi connectivity index (χ4v) is 3.12. The number of aliphatic carboxylic acids is 1. The van der Waals surface area contributed by atoms with Crippen LogP contribution in [0.5, 0.6) is 0 Å². The smallest absolute Gasteiger partial charge is 0.308 e. The number of aromatic nitrogens is 1. The minimum atomic E-state index is -0.918. The molecular formula is C13H14N2O3S2. The van der Waals surface area contributed by atoms with Crippen LogP contribution in [0.4, 0.5) is 0 Å². The van der Waals surface area contributed by atoms with Gasteiger partial charge < -0.3 is 10.4 Å². The standard InChI is InChI=1S/C13H14N2O3S2/c1-8(13(17)18)6-14-11(16)5-9-7-20-12(15-9)10-3-2-4-19-10/h2-4,7-8H,5-6H2,1H3,(H,14,16)(H,17,18)/t8-/m0/s1. The van der Waals surface area contributed by atoms with Gasteiger partial charge >= 0.3 is 5.97 Å². The minimum absolute atomic E-state index is 0.135. The number of carboxylic acids is 1.